The van der Waals surface area contributed by atoms with E-state index in [1.54, 1.807) is 36.7 Å². The number of piperazine rings is 1. The van der Waals surface area contributed by atoms with Crippen LogP contribution in [0.1, 0.15) is 11.6 Å². The number of para-hydroxylation sites is 1. The summed E-state index contributed by atoms with van der Waals surface area (Å²) in [4.78, 5) is 34.1. The van der Waals surface area contributed by atoms with E-state index in [9.17, 15) is 9.59 Å². The van der Waals surface area contributed by atoms with Gasteiger partial charge in [-0.3, -0.25) is 19.5 Å². The van der Waals surface area contributed by atoms with Crippen molar-refractivity contribution in [1.29, 1.82) is 0 Å². The van der Waals surface area contributed by atoms with E-state index in [1.807, 2.05) is 36.4 Å². The SMILES string of the molecule is O=C1C(c2cccnc2)N(c2ccc3c(c2)OCCO3)C(=O)CN1c1ccccc1. The summed E-state index contributed by atoms with van der Waals surface area (Å²) < 4.78 is 11.3. The Kier molecular flexibility index (Phi) is 4.55. The number of rotatable bonds is 3. The van der Waals surface area contributed by atoms with Crippen LogP contribution in [0.3, 0.4) is 0 Å². The van der Waals surface area contributed by atoms with Crippen LogP contribution in [0, 0.1) is 0 Å². The first-order valence-electron chi connectivity index (χ1n) is 9.70. The molecule has 3 heterocycles. The fraction of sp³-hybridized carbons (Fsp3) is 0.174. The van der Waals surface area contributed by atoms with Crippen LogP contribution in [0.4, 0.5) is 11.4 Å². The third-order valence-corrected chi connectivity index (χ3v) is 5.19. The molecular formula is C23H19N3O4. The predicted octanol–water partition coefficient (Wildman–Crippen LogP) is 2.97. The first-order valence-corrected chi connectivity index (χ1v) is 9.70. The minimum atomic E-state index is -0.831. The highest BCUT2D eigenvalue weighted by molar-refractivity contribution is 6.14. The summed E-state index contributed by atoms with van der Waals surface area (Å²) in [5.41, 5.74) is 1.91. The van der Waals surface area contributed by atoms with E-state index in [1.165, 1.54) is 9.80 Å². The van der Waals surface area contributed by atoms with Crippen molar-refractivity contribution in [3.63, 3.8) is 0 Å². The van der Waals surface area contributed by atoms with Crippen LogP contribution < -0.4 is 19.3 Å². The fourth-order valence-corrected chi connectivity index (χ4v) is 3.82. The van der Waals surface area contributed by atoms with Crippen molar-refractivity contribution in [3.05, 3.63) is 78.6 Å². The van der Waals surface area contributed by atoms with E-state index in [2.05, 4.69) is 4.98 Å². The number of pyridine rings is 1. The molecule has 5 rings (SSSR count). The topological polar surface area (TPSA) is 72.0 Å². The first-order chi connectivity index (χ1) is 14.7. The quantitative estimate of drug-likeness (QED) is 0.675. The summed E-state index contributed by atoms with van der Waals surface area (Å²) in [5.74, 6) is 0.812. The van der Waals surface area contributed by atoms with Crippen LogP contribution in [0.5, 0.6) is 11.5 Å². The van der Waals surface area contributed by atoms with Crippen LogP contribution >= 0.6 is 0 Å². The zero-order valence-corrected chi connectivity index (χ0v) is 16.1. The third kappa shape index (κ3) is 3.14. The Labute approximate surface area is 173 Å². The largest absolute Gasteiger partial charge is 0.486 e. The Morgan fingerprint density at radius 2 is 1.67 bits per heavy atom. The van der Waals surface area contributed by atoms with Crippen molar-refractivity contribution in [3.8, 4) is 11.5 Å². The molecule has 0 radical (unpaired) electrons. The molecule has 0 N–H and O–H groups in total. The molecule has 2 amide bonds. The molecule has 2 aliphatic heterocycles. The summed E-state index contributed by atoms with van der Waals surface area (Å²) in [7, 11) is 0. The van der Waals surface area contributed by atoms with Crippen LogP contribution in [0.25, 0.3) is 0 Å². The Morgan fingerprint density at radius 1 is 0.867 bits per heavy atom. The second kappa shape index (κ2) is 7.51. The van der Waals surface area contributed by atoms with Gasteiger partial charge in [0.05, 0.1) is 0 Å². The molecule has 30 heavy (non-hydrogen) atoms. The van der Waals surface area contributed by atoms with Gasteiger partial charge in [-0.25, -0.2) is 0 Å². The molecule has 1 unspecified atom stereocenters. The molecule has 0 spiro atoms. The fourth-order valence-electron chi connectivity index (χ4n) is 3.82. The van der Waals surface area contributed by atoms with Crippen LogP contribution in [-0.2, 0) is 9.59 Å². The van der Waals surface area contributed by atoms with Gasteiger partial charge in [0.15, 0.2) is 11.5 Å². The normalized spacial score (nSPS) is 18.5. The maximum Gasteiger partial charge on any atom is 0.255 e. The van der Waals surface area contributed by atoms with Gasteiger partial charge in [0.25, 0.3) is 5.91 Å². The predicted molar refractivity (Wildman–Crippen MR) is 111 cm³/mol. The summed E-state index contributed by atoms with van der Waals surface area (Å²) >= 11 is 0. The molecular weight excluding hydrogens is 382 g/mol. The van der Waals surface area contributed by atoms with Gasteiger partial charge in [-0.05, 0) is 30.3 Å². The average Bonchev–Trinajstić information content (AvgIpc) is 2.81. The zero-order valence-electron chi connectivity index (χ0n) is 16.1. The number of carbonyl (C=O) groups is 2. The maximum atomic E-state index is 13.6. The van der Waals surface area contributed by atoms with Gasteiger partial charge in [0.2, 0.25) is 5.91 Å². The van der Waals surface area contributed by atoms with E-state index in [-0.39, 0.29) is 18.4 Å². The van der Waals surface area contributed by atoms with Gasteiger partial charge in [0.1, 0.15) is 25.8 Å². The zero-order chi connectivity index (χ0) is 20.5. The summed E-state index contributed by atoms with van der Waals surface area (Å²) in [6, 6.07) is 17.3. The number of hydrogen-bond acceptors (Lipinski definition) is 5. The number of amides is 2. The van der Waals surface area contributed by atoms with E-state index in [0.717, 1.165) is 0 Å². The summed E-state index contributed by atoms with van der Waals surface area (Å²) in [6.45, 7) is 0.878. The smallest absolute Gasteiger partial charge is 0.255 e. The van der Waals surface area contributed by atoms with Crippen molar-refractivity contribution < 1.29 is 19.1 Å². The highest BCUT2D eigenvalue weighted by Crippen LogP contribution is 2.39. The highest BCUT2D eigenvalue weighted by atomic mass is 16.6. The Morgan fingerprint density at radius 3 is 2.43 bits per heavy atom. The lowest BCUT2D eigenvalue weighted by Gasteiger charge is -2.40. The second-order valence-electron chi connectivity index (χ2n) is 7.04. The molecule has 2 aromatic carbocycles. The van der Waals surface area contributed by atoms with Crippen LogP contribution in [-0.4, -0.2) is 36.6 Å². The number of nitrogens with zero attached hydrogens (tertiary/aromatic N) is 3. The van der Waals surface area contributed by atoms with Gasteiger partial charge in [-0.2, -0.15) is 0 Å². The van der Waals surface area contributed by atoms with Gasteiger partial charge >= 0.3 is 0 Å². The third-order valence-electron chi connectivity index (χ3n) is 5.19. The van der Waals surface area contributed by atoms with Crippen molar-refractivity contribution >= 4 is 23.2 Å². The molecule has 2 aliphatic rings. The molecule has 150 valence electrons. The number of ether oxygens (including phenoxy) is 2. The molecule has 0 bridgehead atoms. The summed E-state index contributed by atoms with van der Waals surface area (Å²) in [5, 5.41) is 0. The maximum absolute atomic E-state index is 13.6. The van der Waals surface area contributed by atoms with Crippen molar-refractivity contribution in [2.75, 3.05) is 29.6 Å². The van der Waals surface area contributed by atoms with Gasteiger partial charge in [-0.15, -0.1) is 0 Å². The van der Waals surface area contributed by atoms with E-state index in [4.69, 9.17) is 9.47 Å². The molecule has 0 saturated carbocycles. The number of anilines is 2. The molecule has 1 fully saturated rings. The van der Waals surface area contributed by atoms with E-state index < -0.39 is 6.04 Å². The minimum Gasteiger partial charge on any atom is -0.486 e. The molecule has 1 saturated heterocycles. The lowest BCUT2D eigenvalue weighted by Crippen LogP contribution is -2.56. The lowest BCUT2D eigenvalue weighted by atomic mass is 10.0. The van der Waals surface area contributed by atoms with Crippen molar-refractivity contribution in [2.45, 2.75) is 6.04 Å². The van der Waals surface area contributed by atoms with Gasteiger partial charge < -0.3 is 14.4 Å². The lowest BCUT2D eigenvalue weighted by molar-refractivity contribution is -0.128. The molecule has 0 aliphatic carbocycles. The Bertz CT molecular complexity index is 1090. The van der Waals surface area contributed by atoms with E-state index in [0.29, 0.717) is 41.7 Å². The highest BCUT2D eigenvalue weighted by Gasteiger charge is 2.42. The standard InChI is InChI=1S/C23H19N3O4/c27-21-15-25(17-6-2-1-3-7-17)23(28)22(16-5-4-10-24-14-16)26(21)18-8-9-19-20(13-18)30-12-11-29-19/h1-10,13-14,22H,11-12,15H2. The van der Waals surface area contributed by atoms with E-state index >= 15 is 0 Å². The van der Waals surface area contributed by atoms with Crippen molar-refractivity contribution in [1.82, 2.24) is 4.98 Å². The molecule has 1 atom stereocenters. The number of fused-ring (bicyclic) bond motifs is 1. The average molecular weight is 401 g/mol. The molecule has 7 heteroatoms. The molecule has 1 aromatic heterocycles. The monoisotopic (exact) mass is 401 g/mol. The molecule has 3 aromatic rings. The van der Waals surface area contributed by atoms with Crippen molar-refractivity contribution in [2.24, 2.45) is 0 Å². The van der Waals surface area contributed by atoms with Gasteiger partial charge in [0, 0.05) is 35.4 Å². The first kappa shape index (κ1) is 18.2. The number of benzene rings is 2. The van der Waals surface area contributed by atoms with Gasteiger partial charge in [-0.1, -0.05) is 24.3 Å². The minimum absolute atomic E-state index is 0.0476. The number of hydrogen-bond donors (Lipinski definition) is 0. The number of aromatic nitrogens is 1. The number of carbonyl (C=O) groups excluding carboxylic acids is 2. The Hall–Kier alpha value is -3.87. The Balaban J connectivity index is 1.59. The van der Waals surface area contributed by atoms with Crippen LogP contribution in [0.2, 0.25) is 0 Å². The van der Waals surface area contributed by atoms with Crippen LogP contribution in [0.15, 0.2) is 73.1 Å². The second-order valence-corrected chi connectivity index (χ2v) is 7.04. The summed E-state index contributed by atoms with van der Waals surface area (Å²) in [6.07, 6.45) is 3.26. The molecule has 7 nitrogen and oxygen atoms in total.